The van der Waals surface area contributed by atoms with Crippen molar-refractivity contribution < 1.29 is 9.13 Å². The molecule has 0 unspecified atom stereocenters. The number of nitrogens with one attached hydrogen (secondary N) is 1. The molecule has 0 aliphatic carbocycles. The standard InChI is InChI=1S/C20H24FN2O/c1-23(2)10-4-6-15-5-3-7-20(21)19(15)12-22-18-9-8-16-13-24-14-17(16)11-18/h3,7-9,11,22H,4,6,10,12-14H2,1-2H3. The second-order valence-corrected chi connectivity index (χ2v) is 6.52. The molecule has 3 nitrogen and oxygen atoms in total. The first-order chi connectivity index (χ1) is 11.6. The number of aryl methyl sites for hydroxylation is 1. The van der Waals surface area contributed by atoms with Crippen LogP contribution in [0.15, 0.2) is 30.3 Å². The molecule has 2 aromatic rings. The SMILES string of the molecule is CN(C)CCCc1[c]ccc(F)c1CNc1ccc2c(c1)COC2. The summed E-state index contributed by atoms with van der Waals surface area (Å²) in [6.45, 7) is 2.81. The zero-order valence-corrected chi connectivity index (χ0v) is 14.4. The number of hydrogen-bond acceptors (Lipinski definition) is 3. The van der Waals surface area contributed by atoms with E-state index in [0.29, 0.717) is 25.3 Å². The zero-order chi connectivity index (χ0) is 16.9. The molecule has 0 spiro atoms. The van der Waals surface area contributed by atoms with Crippen LogP contribution in [-0.4, -0.2) is 25.5 Å². The molecule has 0 saturated heterocycles. The molecule has 2 aromatic carbocycles. The topological polar surface area (TPSA) is 24.5 Å². The van der Waals surface area contributed by atoms with E-state index >= 15 is 0 Å². The Kier molecular flexibility index (Phi) is 5.48. The van der Waals surface area contributed by atoms with Gasteiger partial charge in [0, 0.05) is 17.8 Å². The molecule has 1 aliphatic heterocycles. The molecule has 0 amide bonds. The Hall–Kier alpha value is -1.91. The van der Waals surface area contributed by atoms with Gasteiger partial charge in [0.1, 0.15) is 5.82 Å². The van der Waals surface area contributed by atoms with Crippen LogP contribution < -0.4 is 5.32 Å². The smallest absolute Gasteiger partial charge is 0.128 e. The van der Waals surface area contributed by atoms with Crippen LogP contribution in [0.3, 0.4) is 0 Å². The molecule has 1 aliphatic rings. The number of anilines is 1. The average molecular weight is 327 g/mol. The number of ether oxygens (including phenoxy) is 1. The van der Waals surface area contributed by atoms with Crippen molar-refractivity contribution in [2.75, 3.05) is 26.0 Å². The molecule has 1 heterocycles. The summed E-state index contributed by atoms with van der Waals surface area (Å²) < 4.78 is 19.7. The van der Waals surface area contributed by atoms with Crippen LogP contribution in [0.5, 0.6) is 0 Å². The average Bonchev–Trinajstić information content (AvgIpc) is 3.01. The van der Waals surface area contributed by atoms with Gasteiger partial charge in [-0.1, -0.05) is 12.1 Å². The number of halogens is 1. The number of nitrogens with zero attached hydrogens (tertiary/aromatic N) is 1. The minimum Gasteiger partial charge on any atom is -0.381 e. The van der Waals surface area contributed by atoms with E-state index < -0.39 is 0 Å². The summed E-state index contributed by atoms with van der Waals surface area (Å²) in [5.41, 5.74) is 5.14. The van der Waals surface area contributed by atoms with E-state index in [1.54, 1.807) is 6.07 Å². The van der Waals surface area contributed by atoms with Gasteiger partial charge in [0.15, 0.2) is 0 Å². The van der Waals surface area contributed by atoms with Gasteiger partial charge < -0.3 is 15.0 Å². The molecule has 4 heteroatoms. The second-order valence-electron chi connectivity index (χ2n) is 6.52. The second kappa shape index (κ2) is 7.77. The third kappa shape index (κ3) is 4.13. The molecule has 0 atom stereocenters. The van der Waals surface area contributed by atoms with Crippen molar-refractivity contribution in [1.29, 1.82) is 0 Å². The van der Waals surface area contributed by atoms with Crippen LogP contribution in [0.4, 0.5) is 10.1 Å². The van der Waals surface area contributed by atoms with Gasteiger partial charge in [-0.3, -0.25) is 0 Å². The first kappa shape index (κ1) is 16.9. The number of hydrogen-bond donors (Lipinski definition) is 1. The highest BCUT2D eigenvalue weighted by atomic mass is 19.1. The first-order valence-corrected chi connectivity index (χ1v) is 8.39. The third-order valence-corrected chi connectivity index (χ3v) is 4.36. The summed E-state index contributed by atoms with van der Waals surface area (Å²) in [6.07, 6.45) is 1.83. The molecular formula is C20H24FN2O. The van der Waals surface area contributed by atoms with E-state index in [4.69, 9.17) is 4.74 Å². The predicted octanol–water partition coefficient (Wildman–Crippen LogP) is 3.76. The van der Waals surface area contributed by atoms with Crippen molar-refractivity contribution >= 4 is 5.69 Å². The fourth-order valence-electron chi connectivity index (χ4n) is 3.01. The van der Waals surface area contributed by atoms with Gasteiger partial charge in [0.25, 0.3) is 0 Å². The van der Waals surface area contributed by atoms with Crippen LogP contribution in [0.1, 0.15) is 28.7 Å². The lowest BCUT2D eigenvalue weighted by Gasteiger charge is -2.14. The van der Waals surface area contributed by atoms with Gasteiger partial charge in [-0.15, -0.1) is 0 Å². The molecule has 0 saturated carbocycles. The summed E-state index contributed by atoms with van der Waals surface area (Å²) in [4.78, 5) is 2.14. The fraction of sp³-hybridized carbons (Fsp3) is 0.400. The lowest BCUT2D eigenvalue weighted by atomic mass is 10.0. The zero-order valence-electron chi connectivity index (χ0n) is 14.4. The lowest BCUT2D eigenvalue weighted by Crippen LogP contribution is -2.14. The van der Waals surface area contributed by atoms with E-state index in [-0.39, 0.29) is 5.82 Å². The monoisotopic (exact) mass is 327 g/mol. The van der Waals surface area contributed by atoms with Gasteiger partial charge in [-0.25, -0.2) is 4.39 Å². The van der Waals surface area contributed by atoms with Gasteiger partial charge in [0.05, 0.1) is 13.2 Å². The molecule has 1 radical (unpaired) electrons. The normalized spacial score (nSPS) is 13.3. The molecule has 3 rings (SSSR count). The molecular weight excluding hydrogens is 303 g/mol. The van der Waals surface area contributed by atoms with Crippen molar-refractivity contribution in [3.8, 4) is 0 Å². The van der Waals surface area contributed by atoms with Crippen molar-refractivity contribution in [3.05, 3.63) is 64.5 Å². The minimum atomic E-state index is -0.161. The largest absolute Gasteiger partial charge is 0.381 e. The van der Waals surface area contributed by atoms with E-state index in [1.165, 1.54) is 17.2 Å². The van der Waals surface area contributed by atoms with E-state index in [9.17, 15) is 4.39 Å². The first-order valence-electron chi connectivity index (χ1n) is 8.39. The van der Waals surface area contributed by atoms with Crippen LogP contribution >= 0.6 is 0 Å². The van der Waals surface area contributed by atoms with Crippen LogP contribution in [-0.2, 0) is 30.9 Å². The number of fused-ring (bicyclic) bond motifs is 1. The summed E-state index contributed by atoms with van der Waals surface area (Å²) >= 11 is 0. The van der Waals surface area contributed by atoms with E-state index in [0.717, 1.165) is 30.6 Å². The lowest BCUT2D eigenvalue weighted by molar-refractivity contribution is 0.134. The van der Waals surface area contributed by atoms with Crippen LogP contribution in [0.2, 0.25) is 0 Å². The maximum absolute atomic E-state index is 14.3. The highest BCUT2D eigenvalue weighted by Crippen LogP contribution is 2.24. The van der Waals surface area contributed by atoms with Crippen molar-refractivity contribution in [2.45, 2.75) is 32.6 Å². The van der Waals surface area contributed by atoms with Crippen molar-refractivity contribution in [1.82, 2.24) is 4.90 Å². The molecule has 0 fully saturated rings. The van der Waals surface area contributed by atoms with Crippen molar-refractivity contribution in [3.63, 3.8) is 0 Å². The Labute approximate surface area is 143 Å². The Morgan fingerprint density at radius 2 is 2.04 bits per heavy atom. The molecule has 127 valence electrons. The van der Waals surface area contributed by atoms with Gasteiger partial charge in [-0.2, -0.15) is 0 Å². The minimum absolute atomic E-state index is 0.161. The van der Waals surface area contributed by atoms with Crippen LogP contribution in [0.25, 0.3) is 0 Å². The number of benzene rings is 2. The Bertz CT molecular complexity index is 700. The molecule has 24 heavy (non-hydrogen) atoms. The Morgan fingerprint density at radius 1 is 1.21 bits per heavy atom. The van der Waals surface area contributed by atoms with Gasteiger partial charge >= 0.3 is 0 Å². The summed E-state index contributed by atoms with van der Waals surface area (Å²) in [7, 11) is 4.10. The quantitative estimate of drug-likeness (QED) is 0.838. The fourth-order valence-corrected chi connectivity index (χ4v) is 3.01. The van der Waals surface area contributed by atoms with Crippen LogP contribution in [0, 0.1) is 11.9 Å². The Balaban J connectivity index is 1.67. The highest BCUT2D eigenvalue weighted by Gasteiger charge is 2.12. The third-order valence-electron chi connectivity index (χ3n) is 4.36. The van der Waals surface area contributed by atoms with Gasteiger partial charge in [0.2, 0.25) is 0 Å². The molecule has 1 N–H and O–H groups in total. The van der Waals surface area contributed by atoms with E-state index in [2.05, 4.69) is 42.5 Å². The van der Waals surface area contributed by atoms with Gasteiger partial charge in [-0.05, 0) is 74.4 Å². The Morgan fingerprint density at radius 3 is 2.88 bits per heavy atom. The summed E-state index contributed by atoms with van der Waals surface area (Å²) in [6, 6.07) is 12.6. The molecule has 0 aromatic heterocycles. The molecule has 0 bridgehead atoms. The highest BCUT2D eigenvalue weighted by molar-refractivity contribution is 5.50. The summed E-state index contributed by atoms with van der Waals surface area (Å²) in [5, 5.41) is 3.35. The van der Waals surface area contributed by atoms with E-state index in [1.807, 2.05) is 6.07 Å². The summed E-state index contributed by atoms with van der Waals surface area (Å²) in [5.74, 6) is -0.161. The maximum Gasteiger partial charge on any atom is 0.128 e. The van der Waals surface area contributed by atoms with Crippen molar-refractivity contribution in [2.24, 2.45) is 0 Å². The number of rotatable bonds is 7. The predicted molar refractivity (Wildman–Crippen MR) is 94.4 cm³/mol. The maximum atomic E-state index is 14.3.